The van der Waals surface area contributed by atoms with E-state index in [4.69, 9.17) is 10.5 Å². The van der Waals surface area contributed by atoms with Crippen molar-refractivity contribution in [2.24, 2.45) is 0 Å². The van der Waals surface area contributed by atoms with E-state index in [9.17, 15) is 4.79 Å². The van der Waals surface area contributed by atoms with Gasteiger partial charge in [-0.25, -0.2) is 0 Å². The number of nitrogens with two attached hydrogens (primary N) is 1. The number of hydrogen-bond acceptors (Lipinski definition) is 4. The van der Waals surface area contributed by atoms with E-state index < -0.39 is 0 Å². The zero-order chi connectivity index (χ0) is 12.3. The highest BCUT2D eigenvalue weighted by molar-refractivity contribution is 5.98. The topological polar surface area (TPSA) is 68.5 Å². The fourth-order valence-corrected chi connectivity index (χ4v) is 2.03. The first kappa shape index (κ1) is 11.9. The van der Waals surface area contributed by atoms with Gasteiger partial charge in [0.15, 0.2) is 0 Å². The van der Waals surface area contributed by atoms with Crippen LogP contribution >= 0.6 is 0 Å². The summed E-state index contributed by atoms with van der Waals surface area (Å²) in [5, 5.41) is 0. The average Bonchev–Trinajstić information content (AvgIpc) is 2.39. The van der Waals surface area contributed by atoms with Crippen LogP contribution in [0.1, 0.15) is 23.2 Å². The molecule has 2 heterocycles. The molecule has 2 N–H and O–H groups in total. The molecule has 0 spiro atoms. The van der Waals surface area contributed by atoms with Gasteiger partial charge in [-0.05, 0) is 18.9 Å². The lowest BCUT2D eigenvalue weighted by atomic mass is 10.1. The third kappa shape index (κ3) is 2.55. The summed E-state index contributed by atoms with van der Waals surface area (Å²) in [4.78, 5) is 17.9. The standard InChI is InChI=1S/C12H17N3O2/c1-15(9-3-6-17-7-4-9)12(16)10-2-5-14-8-11(10)13/h2,5,8-9H,3-4,6-7,13H2,1H3. The highest BCUT2D eigenvalue weighted by Crippen LogP contribution is 2.18. The van der Waals surface area contributed by atoms with Crippen molar-refractivity contribution in [1.29, 1.82) is 0 Å². The minimum absolute atomic E-state index is 0.0446. The van der Waals surface area contributed by atoms with Crippen molar-refractivity contribution in [3.63, 3.8) is 0 Å². The molecule has 1 aromatic heterocycles. The molecule has 5 heteroatoms. The number of carbonyl (C=O) groups is 1. The second-order valence-electron chi connectivity index (χ2n) is 4.22. The third-order valence-corrected chi connectivity index (χ3v) is 3.14. The molecular formula is C12H17N3O2. The molecule has 0 saturated carbocycles. The van der Waals surface area contributed by atoms with Crippen molar-refractivity contribution in [2.45, 2.75) is 18.9 Å². The Labute approximate surface area is 101 Å². The molecule has 0 atom stereocenters. The smallest absolute Gasteiger partial charge is 0.256 e. The molecule has 92 valence electrons. The summed E-state index contributed by atoms with van der Waals surface area (Å²) in [6, 6.07) is 1.90. The highest BCUT2D eigenvalue weighted by Gasteiger charge is 2.24. The van der Waals surface area contributed by atoms with Crippen molar-refractivity contribution in [1.82, 2.24) is 9.88 Å². The first-order valence-corrected chi connectivity index (χ1v) is 5.74. The number of nitrogen functional groups attached to an aromatic ring is 1. The molecular weight excluding hydrogens is 218 g/mol. The number of anilines is 1. The molecule has 0 bridgehead atoms. The first-order chi connectivity index (χ1) is 8.20. The lowest BCUT2D eigenvalue weighted by Gasteiger charge is -2.31. The van der Waals surface area contributed by atoms with Gasteiger partial charge in [0.1, 0.15) is 0 Å². The molecule has 1 saturated heterocycles. The van der Waals surface area contributed by atoms with Gasteiger partial charge in [-0.1, -0.05) is 0 Å². The summed E-state index contributed by atoms with van der Waals surface area (Å²) < 4.78 is 5.29. The van der Waals surface area contributed by atoms with Gasteiger partial charge in [-0.15, -0.1) is 0 Å². The van der Waals surface area contributed by atoms with Crippen LogP contribution in [-0.4, -0.2) is 42.1 Å². The van der Waals surface area contributed by atoms with Crippen LogP contribution in [0.4, 0.5) is 5.69 Å². The van der Waals surface area contributed by atoms with Gasteiger partial charge in [-0.3, -0.25) is 9.78 Å². The maximum atomic E-state index is 12.2. The minimum atomic E-state index is -0.0446. The van der Waals surface area contributed by atoms with E-state index >= 15 is 0 Å². The first-order valence-electron chi connectivity index (χ1n) is 5.74. The zero-order valence-corrected chi connectivity index (χ0v) is 9.93. The number of nitrogens with zero attached hydrogens (tertiary/aromatic N) is 2. The Morgan fingerprint density at radius 1 is 1.53 bits per heavy atom. The molecule has 1 amide bonds. The number of aromatic nitrogens is 1. The van der Waals surface area contributed by atoms with Gasteiger partial charge < -0.3 is 15.4 Å². The van der Waals surface area contributed by atoms with Crippen LogP contribution in [0.25, 0.3) is 0 Å². The summed E-state index contributed by atoms with van der Waals surface area (Å²) in [7, 11) is 1.82. The van der Waals surface area contributed by atoms with Crippen LogP contribution < -0.4 is 5.73 Å². The van der Waals surface area contributed by atoms with Crippen molar-refractivity contribution in [2.75, 3.05) is 26.0 Å². The van der Waals surface area contributed by atoms with E-state index in [2.05, 4.69) is 4.98 Å². The monoisotopic (exact) mass is 235 g/mol. The molecule has 0 unspecified atom stereocenters. The Morgan fingerprint density at radius 2 is 2.24 bits per heavy atom. The van der Waals surface area contributed by atoms with E-state index in [1.807, 2.05) is 7.05 Å². The van der Waals surface area contributed by atoms with Gasteiger partial charge in [0.2, 0.25) is 0 Å². The quantitative estimate of drug-likeness (QED) is 0.827. The fraction of sp³-hybridized carbons (Fsp3) is 0.500. The van der Waals surface area contributed by atoms with Crippen molar-refractivity contribution in [3.05, 3.63) is 24.0 Å². The minimum Gasteiger partial charge on any atom is -0.397 e. The Balaban J connectivity index is 2.11. The van der Waals surface area contributed by atoms with Crippen LogP contribution in [-0.2, 0) is 4.74 Å². The molecule has 0 radical (unpaired) electrons. The van der Waals surface area contributed by atoms with Gasteiger partial charge in [0.05, 0.1) is 17.4 Å². The Kier molecular flexibility index (Phi) is 3.58. The molecule has 1 fully saturated rings. The molecule has 1 aromatic rings. The van der Waals surface area contributed by atoms with Gasteiger partial charge in [0.25, 0.3) is 5.91 Å². The molecule has 1 aliphatic rings. The van der Waals surface area contributed by atoms with Crippen LogP contribution in [0.3, 0.4) is 0 Å². The summed E-state index contributed by atoms with van der Waals surface area (Å²) in [6.45, 7) is 1.43. The summed E-state index contributed by atoms with van der Waals surface area (Å²) in [6.07, 6.45) is 4.85. The number of pyridine rings is 1. The van der Waals surface area contributed by atoms with E-state index in [1.54, 1.807) is 17.2 Å². The largest absolute Gasteiger partial charge is 0.397 e. The number of carbonyl (C=O) groups excluding carboxylic acids is 1. The van der Waals surface area contributed by atoms with Gasteiger partial charge in [0, 0.05) is 32.5 Å². The van der Waals surface area contributed by atoms with Crippen LogP contribution in [0.15, 0.2) is 18.5 Å². The zero-order valence-electron chi connectivity index (χ0n) is 9.93. The Hall–Kier alpha value is -1.62. The second-order valence-corrected chi connectivity index (χ2v) is 4.22. The fourth-order valence-electron chi connectivity index (χ4n) is 2.03. The van der Waals surface area contributed by atoms with Crippen LogP contribution in [0.5, 0.6) is 0 Å². The van der Waals surface area contributed by atoms with Crippen molar-refractivity contribution < 1.29 is 9.53 Å². The van der Waals surface area contributed by atoms with Gasteiger partial charge in [-0.2, -0.15) is 0 Å². The van der Waals surface area contributed by atoms with E-state index in [0.717, 1.165) is 12.8 Å². The second kappa shape index (κ2) is 5.14. The third-order valence-electron chi connectivity index (χ3n) is 3.14. The number of ether oxygens (including phenoxy) is 1. The lowest BCUT2D eigenvalue weighted by molar-refractivity contribution is 0.0362. The van der Waals surface area contributed by atoms with E-state index in [0.29, 0.717) is 24.5 Å². The summed E-state index contributed by atoms with van der Waals surface area (Å²) >= 11 is 0. The normalized spacial score (nSPS) is 16.8. The lowest BCUT2D eigenvalue weighted by Crippen LogP contribution is -2.40. The molecule has 1 aliphatic heterocycles. The maximum Gasteiger partial charge on any atom is 0.256 e. The van der Waals surface area contributed by atoms with Crippen molar-refractivity contribution in [3.8, 4) is 0 Å². The molecule has 0 aromatic carbocycles. The van der Waals surface area contributed by atoms with Gasteiger partial charge >= 0.3 is 0 Å². The Morgan fingerprint density at radius 3 is 2.88 bits per heavy atom. The number of amides is 1. The molecule has 2 rings (SSSR count). The predicted octanol–water partition coefficient (Wildman–Crippen LogP) is 0.915. The Bertz CT molecular complexity index is 402. The summed E-state index contributed by atoms with van der Waals surface area (Å²) in [5.41, 5.74) is 6.70. The van der Waals surface area contributed by atoms with Crippen molar-refractivity contribution >= 4 is 11.6 Å². The predicted molar refractivity (Wildman–Crippen MR) is 64.6 cm³/mol. The number of rotatable bonds is 2. The molecule has 0 aliphatic carbocycles. The SMILES string of the molecule is CN(C(=O)c1ccncc1N)C1CCOCC1. The number of hydrogen-bond donors (Lipinski definition) is 1. The summed E-state index contributed by atoms with van der Waals surface area (Å²) in [5.74, 6) is -0.0446. The molecule has 5 nitrogen and oxygen atoms in total. The molecule has 17 heavy (non-hydrogen) atoms. The van der Waals surface area contributed by atoms with E-state index in [-0.39, 0.29) is 11.9 Å². The van der Waals surface area contributed by atoms with Crippen LogP contribution in [0.2, 0.25) is 0 Å². The average molecular weight is 235 g/mol. The highest BCUT2D eigenvalue weighted by atomic mass is 16.5. The maximum absolute atomic E-state index is 12.2. The van der Waals surface area contributed by atoms with E-state index in [1.165, 1.54) is 6.20 Å². The van der Waals surface area contributed by atoms with Crippen LogP contribution in [0, 0.1) is 0 Å².